The van der Waals surface area contributed by atoms with E-state index in [0.29, 0.717) is 6.04 Å². The van der Waals surface area contributed by atoms with Crippen molar-refractivity contribution in [1.29, 1.82) is 0 Å². The van der Waals surface area contributed by atoms with Crippen molar-refractivity contribution in [2.75, 3.05) is 0 Å². The van der Waals surface area contributed by atoms with E-state index in [1.54, 1.807) is 0 Å². The third kappa shape index (κ3) is 1.06. The van der Waals surface area contributed by atoms with Crippen molar-refractivity contribution >= 4 is 26.8 Å². The zero-order valence-electron chi connectivity index (χ0n) is 7.70. The van der Waals surface area contributed by atoms with Gasteiger partial charge >= 0.3 is 0 Å². The maximum Gasteiger partial charge on any atom is 0.0627 e. The lowest BCUT2D eigenvalue weighted by Crippen LogP contribution is -2.20. The number of rotatable bonds is 0. The van der Waals surface area contributed by atoms with Gasteiger partial charge < -0.3 is 10.3 Å². The van der Waals surface area contributed by atoms with E-state index in [1.807, 2.05) is 0 Å². The van der Waals surface area contributed by atoms with Gasteiger partial charge in [0.15, 0.2) is 0 Å². The zero-order chi connectivity index (χ0) is 9.71. The first-order chi connectivity index (χ1) is 6.75. The summed E-state index contributed by atoms with van der Waals surface area (Å²) < 4.78 is 3.49. The van der Waals surface area contributed by atoms with Gasteiger partial charge in [0.2, 0.25) is 0 Å². The molecule has 2 nitrogen and oxygen atoms in total. The standard InChI is InChI=1S/C11H11BrN2/c12-10-3-1-2-7-4-9-5-8(13)6-14(9)11(7)10/h1-4,8H,5-6,13H2. The lowest BCUT2D eigenvalue weighted by molar-refractivity contribution is 0.651. The molecular formula is C11H11BrN2. The molecule has 3 rings (SSSR count). The molecule has 14 heavy (non-hydrogen) atoms. The van der Waals surface area contributed by atoms with Gasteiger partial charge in [0.05, 0.1) is 5.52 Å². The fourth-order valence-corrected chi connectivity index (χ4v) is 2.88. The highest BCUT2D eigenvalue weighted by Gasteiger charge is 2.21. The number of hydrogen-bond donors (Lipinski definition) is 1. The maximum absolute atomic E-state index is 5.93. The Labute approximate surface area is 90.8 Å². The summed E-state index contributed by atoms with van der Waals surface area (Å²) in [5.41, 5.74) is 8.58. The molecule has 0 radical (unpaired) electrons. The Morgan fingerprint density at radius 1 is 1.43 bits per heavy atom. The first-order valence-corrected chi connectivity index (χ1v) is 5.57. The van der Waals surface area contributed by atoms with E-state index in [1.165, 1.54) is 16.6 Å². The van der Waals surface area contributed by atoms with Crippen molar-refractivity contribution in [3.05, 3.63) is 34.4 Å². The maximum atomic E-state index is 5.93. The minimum atomic E-state index is 0.293. The van der Waals surface area contributed by atoms with E-state index in [2.05, 4.69) is 44.8 Å². The van der Waals surface area contributed by atoms with Crippen LogP contribution in [0.15, 0.2) is 28.7 Å². The summed E-state index contributed by atoms with van der Waals surface area (Å²) in [6, 6.07) is 8.84. The van der Waals surface area contributed by atoms with Crippen molar-refractivity contribution < 1.29 is 0 Å². The third-order valence-corrected chi connectivity index (χ3v) is 3.49. The number of benzene rings is 1. The van der Waals surface area contributed by atoms with Crippen LogP contribution in [0.2, 0.25) is 0 Å². The molecule has 0 aliphatic carbocycles. The van der Waals surface area contributed by atoms with Crippen molar-refractivity contribution in [2.45, 2.75) is 19.0 Å². The van der Waals surface area contributed by atoms with E-state index in [9.17, 15) is 0 Å². The van der Waals surface area contributed by atoms with Gasteiger partial charge in [0.25, 0.3) is 0 Å². The number of hydrogen-bond acceptors (Lipinski definition) is 1. The molecule has 0 saturated carbocycles. The largest absolute Gasteiger partial charge is 0.342 e. The molecule has 1 aliphatic heterocycles. The second kappa shape index (κ2) is 2.84. The summed E-state index contributed by atoms with van der Waals surface area (Å²) in [5, 5.41) is 1.31. The van der Waals surface area contributed by atoms with Crippen LogP contribution >= 0.6 is 15.9 Å². The van der Waals surface area contributed by atoms with Crippen molar-refractivity contribution in [2.24, 2.45) is 5.73 Å². The molecule has 0 spiro atoms. The second-order valence-corrected chi connectivity index (χ2v) is 4.74. The molecule has 2 heterocycles. The average molecular weight is 251 g/mol. The smallest absolute Gasteiger partial charge is 0.0627 e. The summed E-state index contributed by atoms with van der Waals surface area (Å²) in [6.45, 7) is 0.946. The van der Waals surface area contributed by atoms with E-state index in [-0.39, 0.29) is 0 Å². The number of nitrogens with zero attached hydrogens (tertiary/aromatic N) is 1. The fourth-order valence-electron chi connectivity index (χ4n) is 2.28. The average Bonchev–Trinajstić information content (AvgIpc) is 2.60. The summed E-state index contributed by atoms with van der Waals surface area (Å²) in [4.78, 5) is 0. The Morgan fingerprint density at radius 3 is 3.14 bits per heavy atom. The SMILES string of the molecule is NC1Cc2cc3cccc(Br)c3n2C1. The monoisotopic (exact) mass is 250 g/mol. The topological polar surface area (TPSA) is 30.9 Å². The van der Waals surface area contributed by atoms with E-state index < -0.39 is 0 Å². The minimum Gasteiger partial charge on any atom is -0.342 e. The van der Waals surface area contributed by atoms with Crippen LogP contribution < -0.4 is 5.73 Å². The van der Waals surface area contributed by atoms with Gasteiger partial charge in [0.1, 0.15) is 0 Å². The Bertz CT molecular complexity index is 501. The van der Waals surface area contributed by atoms with Gasteiger partial charge in [-0.15, -0.1) is 0 Å². The van der Waals surface area contributed by atoms with Gasteiger partial charge in [-0.05, 0) is 28.1 Å². The molecule has 2 aromatic rings. The second-order valence-electron chi connectivity index (χ2n) is 3.89. The summed E-state index contributed by atoms with van der Waals surface area (Å²) in [7, 11) is 0. The molecule has 1 unspecified atom stereocenters. The van der Waals surface area contributed by atoms with Gasteiger partial charge in [-0.2, -0.15) is 0 Å². The van der Waals surface area contributed by atoms with Crippen LogP contribution in [0, 0.1) is 0 Å². The van der Waals surface area contributed by atoms with Crippen LogP contribution in [0.4, 0.5) is 0 Å². The highest BCUT2D eigenvalue weighted by atomic mass is 79.9. The van der Waals surface area contributed by atoms with Gasteiger partial charge in [-0.25, -0.2) is 0 Å². The van der Waals surface area contributed by atoms with Crippen LogP contribution in [0.25, 0.3) is 10.9 Å². The third-order valence-electron chi connectivity index (χ3n) is 2.85. The number of nitrogens with two attached hydrogens (primary N) is 1. The molecule has 0 saturated heterocycles. The van der Waals surface area contributed by atoms with Crippen LogP contribution in [0.3, 0.4) is 0 Å². The Kier molecular flexibility index (Phi) is 1.73. The van der Waals surface area contributed by atoms with E-state index >= 15 is 0 Å². The molecule has 0 amide bonds. The predicted molar refractivity (Wildman–Crippen MR) is 61.3 cm³/mol. The number of para-hydroxylation sites is 1. The molecule has 0 fully saturated rings. The van der Waals surface area contributed by atoms with Gasteiger partial charge in [0, 0.05) is 34.6 Å². The van der Waals surface area contributed by atoms with Crippen LogP contribution in [-0.4, -0.2) is 10.6 Å². The Balaban J connectivity index is 2.35. The highest BCUT2D eigenvalue weighted by molar-refractivity contribution is 9.10. The van der Waals surface area contributed by atoms with E-state index in [0.717, 1.165) is 17.4 Å². The predicted octanol–water partition coefficient (Wildman–Crippen LogP) is 2.29. The van der Waals surface area contributed by atoms with Gasteiger partial charge in [-0.1, -0.05) is 12.1 Å². The fraction of sp³-hybridized carbons (Fsp3) is 0.273. The molecule has 3 heteroatoms. The Morgan fingerprint density at radius 2 is 2.29 bits per heavy atom. The molecule has 2 N–H and O–H groups in total. The molecule has 1 atom stereocenters. The Hall–Kier alpha value is -0.800. The molecule has 1 aromatic carbocycles. The van der Waals surface area contributed by atoms with Gasteiger partial charge in [-0.3, -0.25) is 0 Å². The molecular weight excluding hydrogens is 240 g/mol. The quantitative estimate of drug-likeness (QED) is 0.765. The van der Waals surface area contributed by atoms with Crippen molar-refractivity contribution in [1.82, 2.24) is 4.57 Å². The lowest BCUT2D eigenvalue weighted by atomic mass is 10.2. The molecule has 72 valence electrons. The van der Waals surface area contributed by atoms with Crippen LogP contribution in [0.1, 0.15) is 5.69 Å². The summed E-state index contributed by atoms with van der Waals surface area (Å²) in [5.74, 6) is 0. The number of fused-ring (bicyclic) bond motifs is 3. The normalized spacial score (nSPS) is 20.3. The summed E-state index contributed by atoms with van der Waals surface area (Å²) >= 11 is 3.59. The molecule has 1 aromatic heterocycles. The highest BCUT2D eigenvalue weighted by Crippen LogP contribution is 2.30. The first kappa shape index (κ1) is 8.50. The zero-order valence-corrected chi connectivity index (χ0v) is 9.29. The van der Waals surface area contributed by atoms with Crippen molar-refractivity contribution in [3.8, 4) is 0 Å². The molecule has 0 bridgehead atoms. The lowest BCUT2D eigenvalue weighted by Gasteiger charge is -2.04. The van der Waals surface area contributed by atoms with Crippen LogP contribution in [-0.2, 0) is 13.0 Å². The first-order valence-electron chi connectivity index (χ1n) is 4.78. The summed E-state index contributed by atoms with van der Waals surface area (Å²) in [6.07, 6.45) is 1.00. The minimum absolute atomic E-state index is 0.293. The molecule has 1 aliphatic rings. The van der Waals surface area contributed by atoms with E-state index in [4.69, 9.17) is 5.73 Å². The van der Waals surface area contributed by atoms with Crippen molar-refractivity contribution in [3.63, 3.8) is 0 Å². The van der Waals surface area contributed by atoms with Crippen LogP contribution in [0.5, 0.6) is 0 Å². The number of halogens is 1. The number of aromatic nitrogens is 1.